The summed E-state index contributed by atoms with van der Waals surface area (Å²) in [7, 11) is 0. The molecule has 1 unspecified atom stereocenters. The lowest BCUT2D eigenvalue weighted by atomic mass is 9.99. The number of hydrogen-bond acceptors (Lipinski definition) is 3. The molecule has 0 aromatic heterocycles. The fourth-order valence-corrected chi connectivity index (χ4v) is 1.38. The fourth-order valence-electron chi connectivity index (χ4n) is 1.38. The molecule has 0 fully saturated rings. The van der Waals surface area contributed by atoms with Gasteiger partial charge in [0.15, 0.2) is 0 Å². The molecular formula is C10H14N2O2. The van der Waals surface area contributed by atoms with Crippen LogP contribution in [0.5, 0.6) is 0 Å². The molecule has 0 spiro atoms. The molecule has 1 rings (SSSR count). The topological polar surface area (TPSA) is 89.3 Å². The van der Waals surface area contributed by atoms with Gasteiger partial charge in [0.1, 0.15) is 0 Å². The average Bonchev–Trinajstić information content (AvgIpc) is 2.16. The monoisotopic (exact) mass is 194 g/mol. The van der Waals surface area contributed by atoms with E-state index in [1.165, 1.54) is 0 Å². The largest absolute Gasteiger partial charge is 0.481 e. The Morgan fingerprint density at radius 3 is 2.64 bits per heavy atom. The molecule has 0 saturated carbocycles. The van der Waals surface area contributed by atoms with Crippen molar-refractivity contribution >= 4 is 5.97 Å². The molecular weight excluding hydrogens is 180 g/mol. The molecule has 0 heterocycles. The van der Waals surface area contributed by atoms with E-state index in [0.717, 1.165) is 11.1 Å². The number of rotatable bonds is 4. The number of carbonyl (C=O) groups is 1. The predicted octanol–water partition coefficient (Wildman–Crippen LogP) is 0.620. The lowest BCUT2D eigenvalue weighted by Gasteiger charge is -2.13. The van der Waals surface area contributed by atoms with E-state index in [0.29, 0.717) is 6.54 Å². The molecule has 4 nitrogen and oxygen atoms in total. The Labute approximate surface area is 82.5 Å². The minimum absolute atomic E-state index is 0.0724. The maximum Gasteiger partial charge on any atom is 0.305 e. The Hall–Kier alpha value is -1.39. The molecule has 0 bridgehead atoms. The lowest BCUT2D eigenvalue weighted by Crippen LogP contribution is -2.17. The van der Waals surface area contributed by atoms with Crippen LogP contribution >= 0.6 is 0 Å². The van der Waals surface area contributed by atoms with Crippen LogP contribution in [0.4, 0.5) is 0 Å². The number of benzene rings is 1. The van der Waals surface area contributed by atoms with E-state index >= 15 is 0 Å². The number of hydrogen-bond donors (Lipinski definition) is 3. The molecule has 76 valence electrons. The first-order chi connectivity index (χ1) is 6.65. The third-order valence-corrected chi connectivity index (χ3v) is 2.07. The molecule has 4 heteroatoms. The Morgan fingerprint density at radius 2 is 2.07 bits per heavy atom. The van der Waals surface area contributed by atoms with E-state index in [4.69, 9.17) is 16.6 Å². The van der Waals surface area contributed by atoms with Gasteiger partial charge >= 0.3 is 5.97 Å². The Morgan fingerprint density at radius 1 is 1.43 bits per heavy atom. The molecule has 0 saturated heterocycles. The second-order valence-electron chi connectivity index (χ2n) is 3.11. The van der Waals surface area contributed by atoms with Crippen LogP contribution in [0.1, 0.15) is 23.6 Å². The van der Waals surface area contributed by atoms with E-state index in [2.05, 4.69) is 0 Å². The van der Waals surface area contributed by atoms with Crippen molar-refractivity contribution in [2.75, 3.05) is 0 Å². The second kappa shape index (κ2) is 4.74. The van der Waals surface area contributed by atoms with Crippen molar-refractivity contribution in [3.8, 4) is 0 Å². The van der Waals surface area contributed by atoms with Gasteiger partial charge in [0.05, 0.1) is 6.42 Å². The molecule has 0 amide bonds. The third kappa shape index (κ3) is 2.55. The Balaban J connectivity index is 2.87. The van der Waals surface area contributed by atoms with Gasteiger partial charge in [0.25, 0.3) is 0 Å². The zero-order valence-corrected chi connectivity index (χ0v) is 7.81. The lowest BCUT2D eigenvalue weighted by molar-refractivity contribution is -0.137. The number of carboxylic acid groups (broad SMARTS) is 1. The van der Waals surface area contributed by atoms with Crippen molar-refractivity contribution < 1.29 is 9.90 Å². The minimum atomic E-state index is -0.899. The van der Waals surface area contributed by atoms with Gasteiger partial charge in [0, 0.05) is 12.6 Å². The number of aliphatic carboxylic acids is 1. The summed E-state index contributed by atoms with van der Waals surface area (Å²) in [5.41, 5.74) is 13.0. The smallest absolute Gasteiger partial charge is 0.305 e. The van der Waals surface area contributed by atoms with Gasteiger partial charge < -0.3 is 16.6 Å². The summed E-state index contributed by atoms with van der Waals surface area (Å²) < 4.78 is 0. The predicted molar refractivity (Wildman–Crippen MR) is 53.5 cm³/mol. The van der Waals surface area contributed by atoms with E-state index in [1.807, 2.05) is 24.3 Å². The summed E-state index contributed by atoms with van der Waals surface area (Å²) in [5, 5.41) is 8.60. The number of nitrogens with two attached hydrogens (primary N) is 2. The van der Waals surface area contributed by atoms with Crippen molar-refractivity contribution in [3.63, 3.8) is 0 Å². The molecule has 5 N–H and O–H groups in total. The molecule has 1 aromatic carbocycles. The summed E-state index contributed by atoms with van der Waals surface area (Å²) in [4.78, 5) is 10.5. The highest BCUT2D eigenvalue weighted by molar-refractivity contribution is 5.68. The minimum Gasteiger partial charge on any atom is -0.481 e. The van der Waals surface area contributed by atoms with Crippen molar-refractivity contribution in [1.29, 1.82) is 0 Å². The van der Waals surface area contributed by atoms with Crippen LogP contribution in [0, 0.1) is 0 Å². The molecule has 1 atom stereocenters. The van der Waals surface area contributed by atoms with Crippen LogP contribution in [-0.4, -0.2) is 11.1 Å². The summed E-state index contributed by atoms with van der Waals surface area (Å²) >= 11 is 0. The highest BCUT2D eigenvalue weighted by Crippen LogP contribution is 2.18. The molecule has 0 radical (unpaired) electrons. The van der Waals surface area contributed by atoms with E-state index in [9.17, 15) is 4.79 Å². The van der Waals surface area contributed by atoms with Gasteiger partial charge in [-0.3, -0.25) is 4.79 Å². The summed E-state index contributed by atoms with van der Waals surface area (Å²) in [6, 6.07) is 6.88. The molecule has 1 aromatic rings. The zero-order valence-electron chi connectivity index (χ0n) is 7.81. The molecule has 14 heavy (non-hydrogen) atoms. The summed E-state index contributed by atoms with van der Waals surface area (Å²) in [6.07, 6.45) is -0.0724. The third-order valence-electron chi connectivity index (χ3n) is 2.07. The van der Waals surface area contributed by atoms with E-state index < -0.39 is 12.0 Å². The van der Waals surface area contributed by atoms with Crippen LogP contribution in [0.25, 0.3) is 0 Å². The van der Waals surface area contributed by atoms with Crippen LogP contribution < -0.4 is 11.5 Å². The summed E-state index contributed by atoms with van der Waals surface area (Å²) in [6.45, 7) is 0.378. The van der Waals surface area contributed by atoms with Crippen LogP contribution in [0.3, 0.4) is 0 Å². The summed E-state index contributed by atoms with van der Waals surface area (Å²) in [5.74, 6) is -0.899. The highest BCUT2D eigenvalue weighted by Gasteiger charge is 2.12. The first-order valence-corrected chi connectivity index (χ1v) is 4.40. The first kappa shape index (κ1) is 10.7. The van der Waals surface area contributed by atoms with Crippen molar-refractivity contribution in [2.45, 2.75) is 19.0 Å². The van der Waals surface area contributed by atoms with Crippen molar-refractivity contribution in [1.82, 2.24) is 0 Å². The van der Waals surface area contributed by atoms with Crippen LogP contribution in [0.2, 0.25) is 0 Å². The van der Waals surface area contributed by atoms with Crippen molar-refractivity contribution in [3.05, 3.63) is 35.4 Å². The molecule has 0 aliphatic heterocycles. The van der Waals surface area contributed by atoms with E-state index in [1.54, 1.807) is 0 Å². The van der Waals surface area contributed by atoms with Crippen molar-refractivity contribution in [2.24, 2.45) is 11.5 Å². The maximum absolute atomic E-state index is 10.5. The SMILES string of the molecule is NCc1ccccc1C(N)CC(=O)O. The highest BCUT2D eigenvalue weighted by atomic mass is 16.4. The number of carboxylic acids is 1. The average molecular weight is 194 g/mol. The first-order valence-electron chi connectivity index (χ1n) is 4.40. The van der Waals surface area contributed by atoms with Gasteiger partial charge in [-0.1, -0.05) is 24.3 Å². The van der Waals surface area contributed by atoms with Crippen LogP contribution in [-0.2, 0) is 11.3 Å². The fraction of sp³-hybridized carbons (Fsp3) is 0.300. The van der Waals surface area contributed by atoms with E-state index in [-0.39, 0.29) is 6.42 Å². The van der Waals surface area contributed by atoms with Gasteiger partial charge in [-0.05, 0) is 11.1 Å². The molecule has 0 aliphatic rings. The van der Waals surface area contributed by atoms with Gasteiger partial charge in [-0.15, -0.1) is 0 Å². The normalized spacial score (nSPS) is 12.4. The second-order valence-corrected chi connectivity index (χ2v) is 3.11. The Bertz CT molecular complexity index is 326. The Kier molecular flexibility index (Phi) is 3.62. The van der Waals surface area contributed by atoms with Gasteiger partial charge in [-0.2, -0.15) is 0 Å². The molecule has 0 aliphatic carbocycles. The van der Waals surface area contributed by atoms with Gasteiger partial charge in [-0.25, -0.2) is 0 Å². The van der Waals surface area contributed by atoms with Crippen LogP contribution in [0.15, 0.2) is 24.3 Å². The van der Waals surface area contributed by atoms with Gasteiger partial charge in [0.2, 0.25) is 0 Å². The zero-order chi connectivity index (χ0) is 10.6. The standard InChI is InChI=1S/C10H14N2O2/c11-6-7-3-1-2-4-8(7)9(12)5-10(13)14/h1-4,9H,5-6,11-12H2,(H,13,14). The quantitative estimate of drug-likeness (QED) is 0.655. The maximum atomic E-state index is 10.5.